The fraction of sp³-hybridized carbons (Fsp3) is 0.429. The van der Waals surface area contributed by atoms with Crippen molar-refractivity contribution in [1.82, 2.24) is 5.32 Å². The smallest absolute Gasteiger partial charge is 0.237 e. The van der Waals surface area contributed by atoms with Crippen LogP contribution in [0.25, 0.3) is 0 Å². The Morgan fingerprint density at radius 3 is 2.90 bits per heavy atom. The molecule has 1 aliphatic rings. The molecule has 6 heteroatoms. The van der Waals surface area contributed by atoms with E-state index < -0.39 is 11.9 Å². The van der Waals surface area contributed by atoms with Gasteiger partial charge in [0.25, 0.3) is 0 Å². The lowest BCUT2D eigenvalue weighted by Gasteiger charge is -2.20. The summed E-state index contributed by atoms with van der Waals surface area (Å²) in [7, 11) is 0. The highest BCUT2D eigenvalue weighted by atomic mass is 16.5. The number of fused-ring (bicyclic) bond motifs is 1. The van der Waals surface area contributed by atoms with Gasteiger partial charge < -0.3 is 21.5 Å². The van der Waals surface area contributed by atoms with E-state index >= 15 is 0 Å². The molecular weight excluding hydrogens is 258 g/mol. The van der Waals surface area contributed by atoms with Crippen LogP contribution in [0, 0.1) is 0 Å². The molecule has 1 unspecified atom stereocenters. The molecule has 0 fully saturated rings. The molecule has 1 aromatic carbocycles. The number of rotatable bonds is 4. The van der Waals surface area contributed by atoms with E-state index in [0.29, 0.717) is 6.61 Å². The van der Waals surface area contributed by atoms with E-state index in [1.165, 1.54) is 0 Å². The van der Waals surface area contributed by atoms with E-state index in [0.717, 1.165) is 24.2 Å². The second-order valence-electron chi connectivity index (χ2n) is 4.87. The standard InChI is InChI=1S/C14H19N3O3/c15-10(8-13(16)18)14(19)17-11-5-3-7-20-12-6-2-1-4-9(11)12/h1-2,4,6,10-11H,3,5,7-8,15H2,(H2,16,18)(H,17,19)/t10-,11?/m0/s1. The highest BCUT2D eigenvalue weighted by molar-refractivity contribution is 5.87. The summed E-state index contributed by atoms with van der Waals surface area (Å²) in [5.41, 5.74) is 11.6. The van der Waals surface area contributed by atoms with Crippen LogP contribution in [-0.4, -0.2) is 24.5 Å². The van der Waals surface area contributed by atoms with Crippen molar-refractivity contribution in [1.29, 1.82) is 0 Å². The van der Waals surface area contributed by atoms with Gasteiger partial charge in [-0.1, -0.05) is 18.2 Å². The zero-order valence-electron chi connectivity index (χ0n) is 11.2. The third kappa shape index (κ3) is 3.48. The van der Waals surface area contributed by atoms with Crippen LogP contribution in [0.2, 0.25) is 0 Å². The molecule has 0 radical (unpaired) electrons. The summed E-state index contributed by atoms with van der Waals surface area (Å²) in [6, 6.07) is 6.52. The first-order valence-electron chi connectivity index (χ1n) is 6.64. The summed E-state index contributed by atoms with van der Waals surface area (Å²) in [5, 5.41) is 2.87. The minimum absolute atomic E-state index is 0.153. The van der Waals surface area contributed by atoms with Crippen LogP contribution in [0.3, 0.4) is 0 Å². The van der Waals surface area contributed by atoms with E-state index in [-0.39, 0.29) is 18.4 Å². The maximum atomic E-state index is 12.0. The number of amides is 2. The van der Waals surface area contributed by atoms with Crippen LogP contribution in [0.1, 0.15) is 30.9 Å². The Labute approximate surface area is 117 Å². The molecule has 1 aromatic rings. The van der Waals surface area contributed by atoms with Gasteiger partial charge in [0, 0.05) is 5.56 Å². The summed E-state index contributed by atoms with van der Waals surface area (Å²) in [5.74, 6) is -0.179. The van der Waals surface area contributed by atoms with Gasteiger partial charge >= 0.3 is 0 Å². The number of primary amides is 1. The molecule has 2 atom stereocenters. The van der Waals surface area contributed by atoms with Crippen LogP contribution >= 0.6 is 0 Å². The lowest BCUT2D eigenvalue weighted by atomic mass is 10.0. The zero-order valence-corrected chi connectivity index (χ0v) is 11.2. The van der Waals surface area contributed by atoms with Crippen LogP contribution in [0.15, 0.2) is 24.3 Å². The normalized spacial score (nSPS) is 19.1. The fourth-order valence-corrected chi connectivity index (χ4v) is 2.26. The lowest BCUT2D eigenvalue weighted by molar-refractivity contribution is -0.126. The molecule has 2 rings (SSSR count). The summed E-state index contributed by atoms with van der Waals surface area (Å²) in [6.45, 7) is 0.622. The maximum absolute atomic E-state index is 12.0. The first kappa shape index (κ1) is 14.3. The van der Waals surface area contributed by atoms with Crippen molar-refractivity contribution in [2.45, 2.75) is 31.3 Å². The van der Waals surface area contributed by atoms with Gasteiger partial charge in [0.2, 0.25) is 11.8 Å². The Morgan fingerprint density at radius 1 is 1.40 bits per heavy atom. The lowest BCUT2D eigenvalue weighted by Crippen LogP contribution is -2.44. The molecule has 108 valence electrons. The van der Waals surface area contributed by atoms with Gasteiger partial charge in [-0.3, -0.25) is 9.59 Å². The van der Waals surface area contributed by atoms with E-state index in [2.05, 4.69) is 5.32 Å². The van der Waals surface area contributed by atoms with Crippen molar-refractivity contribution in [3.8, 4) is 5.75 Å². The highest BCUT2D eigenvalue weighted by Crippen LogP contribution is 2.31. The van der Waals surface area contributed by atoms with Crippen molar-refractivity contribution < 1.29 is 14.3 Å². The number of para-hydroxylation sites is 1. The molecule has 20 heavy (non-hydrogen) atoms. The van der Waals surface area contributed by atoms with Crippen molar-refractivity contribution in [3.63, 3.8) is 0 Å². The van der Waals surface area contributed by atoms with Crippen LogP contribution in [0.5, 0.6) is 5.75 Å². The monoisotopic (exact) mass is 277 g/mol. The van der Waals surface area contributed by atoms with Gasteiger partial charge in [-0.05, 0) is 18.9 Å². The third-order valence-corrected chi connectivity index (χ3v) is 3.26. The van der Waals surface area contributed by atoms with Crippen molar-refractivity contribution in [2.24, 2.45) is 11.5 Å². The molecule has 1 heterocycles. The van der Waals surface area contributed by atoms with Gasteiger partial charge in [0.1, 0.15) is 5.75 Å². The van der Waals surface area contributed by atoms with Gasteiger partial charge in [-0.25, -0.2) is 0 Å². The second-order valence-corrected chi connectivity index (χ2v) is 4.87. The minimum Gasteiger partial charge on any atom is -0.493 e. The Morgan fingerprint density at radius 2 is 2.15 bits per heavy atom. The zero-order chi connectivity index (χ0) is 14.5. The molecule has 0 aliphatic carbocycles. The van der Waals surface area contributed by atoms with E-state index in [4.69, 9.17) is 16.2 Å². The van der Waals surface area contributed by atoms with Crippen LogP contribution in [0.4, 0.5) is 0 Å². The Kier molecular flexibility index (Phi) is 4.57. The molecule has 0 saturated carbocycles. The van der Waals surface area contributed by atoms with Gasteiger partial charge in [-0.2, -0.15) is 0 Å². The predicted octanol–water partition coefficient (Wildman–Crippen LogP) is 0.219. The van der Waals surface area contributed by atoms with E-state index in [1.807, 2.05) is 24.3 Å². The Balaban J connectivity index is 2.09. The number of hydrogen-bond donors (Lipinski definition) is 3. The second kappa shape index (κ2) is 6.38. The fourth-order valence-electron chi connectivity index (χ4n) is 2.26. The minimum atomic E-state index is -0.913. The van der Waals surface area contributed by atoms with Gasteiger partial charge in [0.15, 0.2) is 0 Å². The van der Waals surface area contributed by atoms with E-state index in [1.54, 1.807) is 0 Å². The van der Waals surface area contributed by atoms with Crippen molar-refractivity contribution in [2.75, 3.05) is 6.61 Å². The quantitative estimate of drug-likeness (QED) is 0.731. The van der Waals surface area contributed by atoms with Crippen LogP contribution < -0.4 is 21.5 Å². The predicted molar refractivity (Wildman–Crippen MR) is 73.8 cm³/mol. The SMILES string of the molecule is NC(=O)C[C@H](N)C(=O)NC1CCCOc2ccccc21. The van der Waals surface area contributed by atoms with Gasteiger partial charge in [0.05, 0.1) is 25.1 Å². The first-order valence-corrected chi connectivity index (χ1v) is 6.64. The number of carbonyl (C=O) groups excluding carboxylic acids is 2. The number of hydrogen-bond acceptors (Lipinski definition) is 4. The highest BCUT2D eigenvalue weighted by Gasteiger charge is 2.24. The van der Waals surface area contributed by atoms with Crippen LogP contribution in [-0.2, 0) is 9.59 Å². The summed E-state index contributed by atoms with van der Waals surface area (Å²) in [6.07, 6.45) is 1.45. The molecule has 0 aromatic heterocycles. The maximum Gasteiger partial charge on any atom is 0.237 e. The summed E-state index contributed by atoms with van der Waals surface area (Å²) >= 11 is 0. The summed E-state index contributed by atoms with van der Waals surface area (Å²) in [4.78, 5) is 22.8. The third-order valence-electron chi connectivity index (χ3n) is 3.26. The molecule has 2 amide bonds. The molecular formula is C14H19N3O3. The molecule has 0 bridgehead atoms. The van der Waals surface area contributed by atoms with Crippen molar-refractivity contribution in [3.05, 3.63) is 29.8 Å². The molecule has 0 saturated heterocycles. The van der Waals surface area contributed by atoms with E-state index in [9.17, 15) is 9.59 Å². The average Bonchev–Trinajstić information content (AvgIpc) is 2.61. The topological polar surface area (TPSA) is 107 Å². The Hall–Kier alpha value is -2.08. The number of nitrogens with two attached hydrogens (primary N) is 2. The van der Waals surface area contributed by atoms with Gasteiger partial charge in [-0.15, -0.1) is 0 Å². The largest absolute Gasteiger partial charge is 0.493 e. The molecule has 5 N–H and O–H groups in total. The molecule has 0 spiro atoms. The molecule has 1 aliphatic heterocycles. The number of carbonyl (C=O) groups is 2. The summed E-state index contributed by atoms with van der Waals surface area (Å²) < 4.78 is 5.63. The molecule has 6 nitrogen and oxygen atoms in total. The first-order chi connectivity index (χ1) is 9.58. The number of ether oxygens (including phenoxy) is 1. The number of nitrogens with one attached hydrogen (secondary N) is 1. The average molecular weight is 277 g/mol. The number of benzene rings is 1. The Bertz CT molecular complexity index is 504. The van der Waals surface area contributed by atoms with Crippen molar-refractivity contribution >= 4 is 11.8 Å².